The maximum Gasteiger partial charge on any atom is 0.272 e. The van der Waals surface area contributed by atoms with E-state index in [1.807, 2.05) is 36.7 Å². The summed E-state index contributed by atoms with van der Waals surface area (Å²) in [5, 5.41) is 15.4. The minimum atomic E-state index is -3.18. The average Bonchev–Trinajstić information content (AvgIpc) is 3.11. The third-order valence-electron chi connectivity index (χ3n) is 4.66. The molecule has 2 aromatic heterocycles. The second-order valence-electron chi connectivity index (χ2n) is 6.90. The van der Waals surface area contributed by atoms with E-state index >= 15 is 0 Å². The number of nitrogens with zero attached hydrogens (tertiary/aromatic N) is 3. The summed E-state index contributed by atoms with van der Waals surface area (Å²) in [4.78, 5) is 8.53. The lowest BCUT2D eigenvalue weighted by Gasteiger charge is -2.13. The van der Waals surface area contributed by atoms with E-state index in [1.165, 1.54) is 0 Å². The van der Waals surface area contributed by atoms with Gasteiger partial charge in [0.1, 0.15) is 0 Å². The first kappa shape index (κ1) is 20.3. The summed E-state index contributed by atoms with van der Waals surface area (Å²) in [6.07, 6.45) is 6.77. The number of aryl methyl sites for hydroxylation is 2. The van der Waals surface area contributed by atoms with E-state index in [0.717, 1.165) is 34.2 Å². The van der Waals surface area contributed by atoms with Gasteiger partial charge >= 0.3 is 0 Å². The van der Waals surface area contributed by atoms with Gasteiger partial charge in [0, 0.05) is 37.5 Å². The molecule has 0 fully saturated rings. The standard InChI is InChI=1S/C22H21F2N5/c1-14-4-5-16(19(26)10-17(11-25)22(2,23)24)8-18(14)15-6-7-28-20(9-15)21-12-27-13-29(21)3/h4-13,25-26H,1-3H3/b17-10+,25-11?,26-19?. The highest BCUT2D eigenvalue weighted by Gasteiger charge is 2.26. The number of rotatable bonds is 6. The van der Waals surface area contributed by atoms with Crippen LogP contribution in [-0.2, 0) is 7.05 Å². The van der Waals surface area contributed by atoms with Crippen LogP contribution in [-0.4, -0.2) is 32.4 Å². The number of nitrogens with one attached hydrogen (secondary N) is 2. The van der Waals surface area contributed by atoms with Crippen molar-refractivity contribution in [3.63, 3.8) is 0 Å². The molecule has 0 saturated carbocycles. The molecule has 0 aliphatic heterocycles. The third kappa shape index (κ3) is 4.34. The maximum atomic E-state index is 13.6. The SMILES string of the molecule is Cc1ccc(C(=N)/C=C(\C=N)C(C)(F)F)cc1-c1ccnc(-c2cncn2C)c1. The normalized spacial score (nSPS) is 12.1. The van der Waals surface area contributed by atoms with Gasteiger partial charge in [0.15, 0.2) is 0 Å². The lowest BCUT2D eigenvalue weighted by Crippen LogP contribution is -2.16. The maximum absolute atomic E-state index is 13.6. The highest BCUT2D eigenvalue weighted by Crippen LogP contribution is 2.28. The Bertz CT molecular complexity index is 1110. The van der Waals surface area contributed by atoms with Crippen LogP contribution in [0.2, 0.25) is 0 Å². The summed E-state index contributed by atoms with van der Waals surface area (Å²) in [6.45, 7) is 2.67. The number of hydrogen-bond donors (Lipinski definition) is 2. The van der Waals surface area contributed by atoms with Crippen LogP contribution in [0.3, 0.4) is 0 Å². The molecule has 0 saturated heterocycles. The van der Waals surface area contributed by atoms with Crippen LogP contribution in [0.15, 0.2) is 60.7 Å². The van der Waals surface area contributed by atoms with Crippen molar-refractivity contribution in [3.05, 3.63) is 71.8 Å². The fraction of sp³-hybridized carbons (Fsp3) is 0.182. The van der Waals surface area contributed by atoms with E-state index in [0.29, 0.717) is 18.7 Å². The first-order valence-electron chi connectivity index (χ1n) is 8.94. The molecule has 0 bridgehead atoms. The van der Waals surface area contributed by atoms with Gasteiger partial charge in [-0.2, -0.15) is 0 Å². The Hall–Kier alpha value is -3.48. The molecule has 0 aliphatic rings. The number of alkyl halides is 2. The predicted molar refractivity (Wildman–Crippen MR) is 111 cm³/mol. The Kier molecular flexibility index (Phi) is 5.50. The molecular formula is C22H21F2N5. The second-order valence-corrected chi connectivity index (χ2v) is 6.90. The third-order valence-corrected chi connectivity index (χ3v) is 4.66. The van der Waals surface area contributed by atoms with E-state index in [1.54, 1.807) is 30.9 Å². The van der Waals surface area contributed by atoms with Gasteiger partial charge in [0.25, 0.3) is 5.92 Å². The molecule has 1 aromatic carbocycles. The van der Waals surface area contributed by atoms with Crippen molar-refractivity contribution in [2.24, 2.45) is 7.05 Å². The molecule has 0 spiro atoms. The quantitative estimate of drug-likeness (QED) is 0.575. The van der Waals surface area contributed by atoms with Crippen LogP contribution < -0.4 is 0 Å². The number of allylic oxidation sites excluding steroid dienone is 2. The number of hydrogen-bond acceptors (Lipinski definition) is 4. The Morgan fingerprint density at radius 3 is 2.59 bits per heavy atom. The summed E-state index contributed by atoms with van der Waals surface area (Å²) in [5.41, 5.74) is 4.32. The second kappa shape index (κ2) is 7.87. The minimum absolute atomic E-state index is 0.0767. The zero-order chi connectivity index (χ0) is 21.2. The van der Waals surface area contributed by atoms with Crippen LogP contribution >= 0.6 is 0 Å². The van der Waals surface area contributed by atoms with Crippen molar-refractivity contribution in [1.82, 2.24) is 14.5 Å². The molecule has 3 aromatic rings. The number of aromatic nitrogens is 3. The highest BCUT2D eigenvalue weighted by atomic mass is 19.3. The van der Waals surface area contributed by atoms with Gasteiger partial charge in [-0.15, -0.1) is 0 Å². The molecular weight excluding hydrogens is 372 g/mol. The number of benzene rings is 1. The van der Waals surface area contributed by atoms with Crippen LogP contribution in [0.25, 0.3) is 22.5 Å². The van der Waals surface area contributed by atoms with Gasteiger partial charge in [-0.05, 0) is 47.9 Å². The van der Waals surface area contributed by atoms with Gasteiger partial charge in [0.05, 0.1) is 29.6 Å². The summed E-state index contributed by atoms with van der Waals surface area (Å²) in [6, 6.07) is 9.17. The van der Waals surface area contributed by atoms with E-state index in [2.05, 4.69) is 9.97 Å². The van der Waals surface area contributed by atoms with E-state index < -0.39 is 11.5 Å². The van der Waals surface area contributed by atoms with Crippen LogP contribution in [0.1, 0.15) is 18.1 Å². The molecule has 0 radical (unpaired) electrons. The predicted octanol–water partition coefficient (Wildman–Crippen LogP) is 5.06. The summed E-state index contributed by atoms with van der Waals surface area (Å²) >= 11 is 0. The van der Waals surface area contributed by atoms with E-state index in [4.69, 9.17) is 10.8 Å². The topological polar surface area (TPSA) is 78.4 Å². The van der Waals surface area contributed by atoms with Crippen molar-refractivity contribution >= 4 is 11.9 Å². The highest BCUT2D eigenvalue weighted by molar-refractivity contribution is 6.10. The summed E-state index contributed by atoms with van der Waals surface area (Å²) < 4.78 is 29.0. The van der Waals surface area contributed by atoms with Gasteiger partial charge in [0.2, 0.25) is 0 Å². The Balaban J connectivity index is 2.03. The van der Waals surface area contributed by atoms with Crippen molar-refractivity contribution in [1.29, 1.82) is 10.8 Å². The van der Waals surface area contributed by atoms with Crippen molar-refractivity contribution in [3.8, 4) is 22.5 Å². The van der Waals surface area contributed by atoms with Gasteiger partial charge < -0.3 is 15.4 Å². The van der Waals surface area contributed by atoms with Gasteiger partial charge in [-0.25, -0.2) is 13.8 Å². The Morgan fingerprint density at radius 1 is 1.21 bits per heavy atom. The zero-order valence-corrected chi connectivity index (χ0v) is 16.4. The minimum Gasteiger partial charge on any atom is -0.332 e. The van der Waals surface area contributed by atoms with Gasteiger partial charge in [-0.3, -0.25) is 4.98 Å². The molecule has 2 heterocycles. The molecule has 148 valence electrons. The van der Waals surface area contributed by atoms with E-state index in [-0.39, 0.29) is 5.71 Å². The van der Waals surface area contributed by atoms with Crippen LogP contribution in [0, 0.1) is 17.7 Å². The number of pyridine rings is 1. The Labute approximate surface area is 167 Å². The lowest BCUT2D eigenvalue weighted by atomic mass is 9.95. The lowest BCUT2D eigenvalue weighted by molar-refractivity contribution is 0.0707. The summed E-state index contributed by atoms with van der Waals surface area (Å²) in [5.74, 6) is -3.18. The molecule has 5 nitrogen and oxygen atoms in total. The first-order valence-corrected chi connectivity index (χ1v) is 8.94. The first-order chi connectivity index (χ1) is 13.7. The fourth-order valence-corrected chi connectivity index (χ4v) is 2.98. The largest absolute Gasteiger partial charge is 0.332 e. The molecule has 29 heavy (non-hydrogen) atoms. The van der Waals surface area contributed by atoms with Crippen molar-refractivity contribution in [2.75, 3.05) is 0 Å². The smallest absolute Gasteiger partial charge is 0.272 e. The van der Waals surface area contributed by atoms with Crippen molar-refractivity contribution in [2.45, 2.75) is 19.8 Å². The molecule has 2 N–H and O–H groups in total. The zero-order valence-electron chi connectivity index (χ0n) is 16.4. The summed E-state index contributed by atoms with van der Waals surface area (Å²) in [7, 11) is 1.89. The molecule has 0 unspecified atom stereocenters. The van der Waals surface area contributed by atoms with Crippen LogP contribution in [0.5, 0.6) is 0 Å². The molecule has 7 heteroatoms. The Morgan fingerprint density at radius 2 is 1.97 bits per heavy atom. The molecule has 0 aliphatic carbocycles. The molecule has 0 atom stereocenters. The average molecular weight is 393 g/mol. The van der Waals surface area contributed by atoms with E-state index in [9.17, 15) is 8.78 Å². The molecule has 0 amide bonds. The number of imidazole rings is 1. The van der Waals surface area contributed by atoms with Crippen LogP contribution in [0.4, 0.5) is 8.78 Å². The molecule has 3 rings (SSSR count). The monoisotopic (exact) mass is 393 g/mol. The fourth-order valence-electron chi connectivity index (χ4n) is 2.98. The number of halogens is 2. The van der Waals surface area contributed by atoms with Crippen molar-refractivity contribution < 1.29 is 8.78 Å². The van der Waals surface area contributed by atoms with Gasteiger partial charge in [-0.1, -0.05) is 12.1 Å².